The van der Waals surface area contributed by atoms with Crippen molar-refractivity contribution in [2.45, 2.75) is 19.8 Å². The second-order valence-electron chi connectivity index (χ2n) is 4.24. The van der Waals surface area contributed by atoms with Gasteiger partial charge in [-0.2, -0.15) is 4.37 Å². The summed E-state index contributed by atoms with van der Waals surface area (Å²) < 4.78 is 6.42. The van der Waals surface area contributed by atoms with Crippen LogP contribution in [0.25, 0.3) is 16.2 Å². The van der Waals surface area contributed by atoms with Gasteiger partial charge in [0.1, 0.15) is 11.6 Å². The Hall–Kier alpha value is -1.79. The van der Waals surface area contributed by atoms with Gasteiger partial charge in [0, 0.05) is 24.4 Å². The van der Waals surface area contributed by atoms with Crippen LogP contribution >= 0.6 is 11.5 Å². The van der Waals surface area contributed by atoms with Crippen molar-refractivity contribution in [2.24, 2.45) is 5.73 Å². The molecule has 0 amide bonds. The van der Waals surface area contributed by atoms with E-state index < -0.39 is 0 Å². The van der Waals surface area contributed by atoms with Crippen molar-refractivity contribution >= 4 is 22.6 Å². The Bertz CT molecular complexity index is 700. The Morgan fingerprint density at radius 1 is 1.26 bits per heavy atom. The molecule has 0 unspecified atom stereocenters. The maximum Gasteiger partial charge on any atom is 0.215 e. The maximum atomic E-state index is 5.67. The summed E-state index contributed by atoms with van der Waals surface area (Å²) >= 11 is 1.41. The molecule has 0 aliphatic heterocycles. The molecular formula is C13H15N5S. The second-order valence-corrected chi connectivity index (χ2v) is 4.97. The number of aromatic nitrogens is 4. The van der Waals surface area contributed by atoms with Crippen molar-refractivity contribution in [3.8, 4) is 5.13 Å². The largest absolute Gasteiger partial charge is 0.330 e. The molecule has 6 heteroatoms. The number of nitrogens with two attached hydrogens (primary N) is 1. The average Bonchev–Trinajstić information content (AvgIpc) is 3.02. The maximum absolute atomic E-state index is 5.67. The molecule has 0 fully saturated rings. The first-order valence-electron chi connectivity index (χ1n) is 6.33. The SMILES string of the molecule is CCc1nsc(-n2c(CCN)nc3ccccc32)n1. The molecule has 2 N–H and O–H groups in total. The summed E-state index contributed by atoms with van der Waals surface area (Å²) in [7, 11) is 0. The minimum Gasteiger partial charge on any atom is -0.330 e. The molecule has 1 aromatic carbocycles. The summed E-state index contributed by atoms with van der Waals surface area (Å²) in [6.07, 6.45) is 1.57. The molecular weight excluding hydrogens is 258 g/mol. The zero-order chi connectivity index (χ0) is 13.2. The van der Waals surface area contributed by atoms with Gasteiger partial charge in [-0.1, -0.05) is 19.1 Å². The fraction of sp³-hybridized carbons (Fsp3) is 0.308. The minimum atomic E-state index is 0.572. The van der Waals surface area contributed by atoms with Gasteiger partial charge in [-0.15, -0.1) is 0 Å². The molecule has 19 heavy (non-hydrogen) atoms. The zero-order valence-corrected chi connectivity index (χ0v) is 11.5. The number of fused-ring (bicyclic) bond motifs is 1. The van der Waals surface area contributed by atoms with Gasteiger partial charge in [0.25, 0.3) is 0 Å². The van der Waals surface area contributed by atoms with Gasteiger partial charge in [0.15, 0.2) is 0 Å². The van der Waals surface area contributed by atoms with E-state index in [4.69, 9.17) is 5.73 Å². The van der Waals surface area contributed by atoms with E-state index in [1.807, 2.05) is 18.2 Å². The third-order valence-corrected chi connectivity index (χ3v) is 3.70. The number of hydrogen-bond donors (Lipinski definition) is 1. The van der Waals surface area contributed by atoms with Crippen LogP contribution < -0.4 is 5.73 Å². The van der Waals surface area contributed by atoms with Gasteiger partial charge in [0.05, 0.1) is 11.0 Å². The number of benzene rings is 1. The molecule has 0 saturated carbocycles. The van der Waals surface area contributed by atoms with Crippen molar-refractivity contribution in [3.05, 3.63) is 35.9 Å². The number of rotatable bonds is 4. The third-order valence-electron chi connectivity index (χ3n) is 2.96. The van der Waals surface area contributed by atoms with Crippen LogP contribution in [0.15, 0.2) is 24.3 Å². The lowest BCUT2D eigenvalue weighted by Crippen LogP contribution is -2.08. The molecule has 2 aromatic heterocycles. The van der Waals surface area contributed by atoms with Gasteiger partial charge in [-0.25, -0.2) is 9.97 Å². The van der Waals surface area contributed by atoms with E-state index in [0.717, 1.165) is 40.7 Å². The highest BCUT2D eigenvalue weighted by atomic mass is 32.1. The van der Waals surface area contributed by atoms with Gasteiger partial charge in [-0.3, -0.25) is 4.57 Å². The first kappa shape index (κ1) is 12.3. The van der Waals surface area contributed by atoms with E-state index in [9.17, 15) is 0 Å². The average molecular weight is 273 g/mol. The van der Waals surface area contributed by atoms with Crippen molar-refractivity contribution in [1.82, 2.24) is 18.9 Å². The highest BCUT2D eigenvalue weighted by Gasteiger charge is 2.14. The Labute approximate surface area is 115 Å². The number of para-hydroxylation sites is 2. The molecule has 0 atom stereocenters. The van der Waals surface area contributed by atoms with E-state index in [0.29, 0.717) is 6.54 Å². The van der Waals surface area contributed by atoms with Crippen LogP contribution in [0.2, 0.25) is 0 Å². The predicted octanol–water partition coefficient (Wildman–Crippen LogP) is 1.94. The predicted molar refractivity (Wildman–Crippen MR) is 76.7 cm³/mol. The zero-order valence-electron chi connectivity index (χ0n) is 10.7. The van der Waals surface area contributed by atoms with Crippen LogP contribution in [-0.2, 0) is 12.8 Å². The van der Waals surface area contributed by atoms with Crippen molar-refractivity contribution in [3.63, 3.8) is 0 Å². The lowest BCUT2D eigenvalue weighted by atomic mass is 10.3. The standard InChI is InChI=1S/C13H15N5S/c1-2-11-16-13(19-17-11)18-10-6-4-3-5-9(10)15-12(18)7-8-14/h3-6H,2,7-8,14H2,1H3. The highest BCUT2D eigenvalue weighted by Crippen LogP contribution is 2.23. The van der Waals surface area contributed by atoms with E-state index >= 15 is 0 Å². The molecule has 3 rings (SSSR count). The Morgan fingerprint density at radius 2 is 2.11 bits per heavy atom. The van der Waals surface area contributed by atoms with Gasteiger partial charge < -0.3 is 5.73 Å². The normalized spacial score (nSPS) is 11.3. The second kappa shape index (κ2) is 5.07. The fourth-order valence-electron chi connectivity index (χ4n) is 2.07. The first-order chi connectivity index (χ1) is 9.33. The molecule has 0 saturated heterocycles. The lowest BCUT2D eigenvalue weighted by Gasteiger charge is -2.03. The van der Waals surface area contributed by atoms with Crippen LogP contribution in [0.5, 0.6) is 0 Å². The summed E-state index contributed by atoms with van der Waals surface area (Å²) in [5.41, 5.74) is 7.71. The Kier molecular flexibility index (Phi) is 3.27. The van der Waals surface area contributed by atoms with Crippen molar-refractivity contribution < 1.29 is 0 Å². The summed E-state index contributed by atoms with van der Waals surface area (Å²) in [5, 5.41) is 0.869. The van der Waals surface area contributed by atoms with Gasteiger partial charge in [-0.05, 0) is 18.7 Å². The Balaban J connectivity index is 2.21. The van der Waals surface area contributed by atoms with Crippen LogP contribution in [0, 0.1) is 0 Å². The topological polar surface area (TPSA) is 69.6 Å². The van der Waals surface area contributed by atoms with E-state index in [2.05, 4.69) is 31.9 Å². The first-order valence-corrected chi connectivity index (χ1v) is 7.10. The fourth-order valence-corrected chi connectivity index (χ4v) is 2.85. The number of hydrogen-bond acceptors (Lipinski definition) is 5. The monoisotopic (exact) mass is 273 g/mol. The van der Waals surface area contributed by atoms with E-state index in [1.165, 1.54) is 11.5 Å². The quantitative estimate of drug-likeness (QED) is 0.788. The van der Waals surface area contributed by atoms with Crippen LogP contribution in [0.1, 0.15) is 18.6 Å². The van der Waals surface area contributed by atoms with Crippen LogP contribution in [-0.4, -0.2) is 25.5 Å². The summed E-state index contributed by atoms with van der Waals surface area (Å²) in [6, 6.07) is 8.06. The number of imidazole rings is 1. The third kappa shape index (κ3) is 2.13. The molecule has 0 bridgehead atoms. The van der Waals surface area contributed by atoms with Crippen LogP contribution in [0.3, 0.4) is 0 Å². The molecule has 3 aromatic rings. The summed E-state index contributed by atoms with van der Waals surface area (Å²) in [4.78, 5) is 9.19. The van der Waals surface area contributed by atoms with Gasteiger partial charge >= 0.3 is 0 Å². The summed E-state index contributed by atoms with van der Waals surface area (Å²) in [5.74, 6) is 1.82. The minimum absolute atomic E-state index is 0.572. The molecule has 2 heterocycles. The van der Waals surface area contributed by atoms with E-state index in [-0.39, 0.29) is 0 Å². The highest BCUT2D eigenvalue weighted by molar-refractivity contribution is 7.08. The van der Waals surface area contributed by atoms with Crippen molar-refractivity contribution in [1.29, 1.82) is 0 Å². The molecule has 98 valence electrons. The molecule has 0 radical (unpaired) electrons. The Morgan fingerprint density at radius 3 is 2.84 bits per heavy atom. The molecule has 0 aliphatic rings. The van der Waals surface area contributed by atoms with Crippen LogP contribution in [0.4, 0.5) is 0 Å². The van der Waals surface area contributed by atoms with E-state index in [1.54, 1.807) is 0 Å². The smallest absolute Gasteiger partial charge is 0.215 e. The van der Waals surface area contributed by atoms with Crippen molar-refractivity contribution in [2.75, 3.05) is 6.54 Å². The molecule has 0 aliphatic carbocycles. The lowest BCUT2D eigenvalue weighted by molar-refractivity contribution is 0.839. The van der Waals surface area contributed by atoms with Gasteiger partial charge in [0.2, 0.25) is 5.13 Å². The summed E-state index contributed by atoms with van der Waals surface area (Å²) in [6.45, 7) is 2.63. The number of nitrogens with zero attached hydrogens (tertiary/aromatic N) is 4. The molecule has 0 spiro atoms. The number of aryl methyl sites for hydroxylation is 1. The molecule has 5 nitrogen and oxygen atoms in total.